The molecule has 0 bridgehead atoms. The van der Waals surface area contributed by atoms with E-state index in [-0.39, 0.29) is 6.03 Å². The van der Waals surface area contributed by atoms with Crippen molar-refractivity contribution in [3.05, 3.63) is 42.4 Å². The maximum atomic E-state index is 11.5. The number of amides is 2. The van der Waals surface area contributed by atoms with Crippen molar-refractivity contribution in [3.63, 3.8) is 0 Å². The van der Waals surface area contributed by atoms with Crippen molar-refractivity contribution in [2.75, 3.05) is 5.32 Å². The Hall–Kier alpha value is -2.37. The zero-order valence-corrected chi connectivity index (χ0v) is 10.4. The summed E-state index contributed by atoms with van der Waals surface area (Å²) < 4.78 is 1.77. The van der Waals surface area contributed by atoms with E-state index in [4.69, 9.17) is 0 Å². The highest BCUT2D eigenvalue weighted by Gasteiger charge is 2.23. The van der Waals surface area contributed by atoms with Crippen LogP contribution in [0.1, 0.15) is 18.4 Å². The smallest absolute Gasteiger partial charge is 0.320 e. The van der Waals surface area contributed by atoms with Crippen LogP contribution in [-0.4, -0.2) is 26.8 Å². The molecule has 19 heavy (non-hydrogen) atoms. The molecule has 0 aliphatic heterocycles. The van der Waals surface area contributed by atoms with Crippen LogP contribution in [0.2, 0.25) is 0 Å². The molecule has 0 saturated heterocycles. The molecule has 2 aromatic rings. The monoisotopic (exact) mass is 257 g/mol. The fourth-order valence-electron chi connectivity index (χ4n) is 1.76. The van der Waals surface area contributed by atoms with Crippen LogP contribution in [-0.2, 0) is 6.54 Å². The van der Waals surface area contributed by atoms with Gasteiger partial charge >= 0.3 is 6.03 Å². The van der Waals surface area contributed by atoms with Crippen LogP contribution in [0, 0.1) is 0 Å². The minimum absolute atomic E-state index is 0.186. The Balaban J connectivity index is 1.58. The van der Waals surface area contributed by atoms with Crippen molar-refractivity contribution < 1.29 is 4.79 Å². The minimum atomic E-state index is -0.186. The van der Waals surface area contributed by atoms with Gasteiger partial charge < -0.3 is 5.32 Å². The standard InChI is InChI=1S/C13H15N5O/c19-13(15-11-3-4-11)16-12-5-7-18(17-12)9-10-2-1-6-14-8-10/h1-2,5-8,11H,3-4,9H2,(H2,15,16,17,19). The van der Waals surface area contributed by atoms with Gasteiger partial charge in [0, 0.05) is 30.7 Å². The van der Waals surface area contributed by atoms with Gasteiger partial charge in [0.25, 0.3) is 0 Å². The Morgan fingerprint density at radius 3 is 3.05 bits per heavy atom. The first kappa shape index (κ1) is 11.7. The van der Waals surface area contributed by atoms with E-state index in [1.807, 2.05) is 18.3 Å². The maximum absolute atomic E-state index is 11.5. The van der Waals surface area contributed by atoms with Crippen molar-refractivity contribution >= 4 is 11.8 Å². The molecule has 1 aliphatic rings. The molecule has 6 nitrogen and oxygen atoms in total. The number of pyridine rings is 1. The Kier molecular flexibility index (Phi) is 3.14. The van der Waals surface area contributed by atoms with Crippen LogP contribution in [0.5, 0.6) is 0 Å². The van der Waals surface area contributed by atoms with Gasteiger partial charge in [0.1, 0.15) is 0 Å². The number of nitrogens with zero attached hydrogens (tertiary/aromatic N) is 3. The van der Waals surface area contributed by atoms with Crippen molar-refractivity contribution in [2.45, 2.75) is 25.4 Å². The van der Waals surface area contributed by atoms with Crippen LogP contribution in [0.25, 0.3) is 0 Å². The largest absolute Gasteiger partial charge is 0.335 e. The van der Waals surface area contributed by atoms with E-state index in [1.54, 1.807) is 23.1 Å². The van der Waals surface area contributed by atoms with Gasteiger partial charge in [-0.3, -0.25) is 15.0 Å². The molecule has 2 N–H and O–H groups in total. The fraction of sp³-hybridized carbons (Fsp3) is 0.308. The van der Waals surface area contributed by atoms with Gasteiger partial charge in [-0.2, -0.15) is 5.10 Å². The molecular weight excluding hydrogens is 242 g/mol. The second kappa shape index (κ2) is 5.09. The lowest BCUT2D eigenvalue weighted by Gasteiger charge is -2.03. The summed E-state index contributed by atoms with van der Waals surface area (Å²) in [5.74, 6) is 0.557. The Labute approximate surface area is 110 Å². The number of hydrogen-bond acceptors (Lipinski definition) is 3. The van der Waals surface area contributed by atoms with E-state index in [9.17, 15) is 4.79 Å². The maximum Gasteiger partial charge on any atom is 0.320 e. The molecule has 6 heteroatoms. The third-order valence-electron chi connectivity index (χ3n) is 2.86. The van der Waals surface area contributed by atoms with Crippen LogP contribution in [0.4, 0.5) is 10.6 Å². The number of anilines is 1. The Morgan fingerprint density at radius 1 is 1.42 bits per heavy atom. The summed E-state index contributed by atoms with van der Waals surface area (Å²) in [7, 11) is 0. The van der Waals surface area contributed by atoms with Gasteiger partial charge in [0.05, 0.1) is 6.54 Å². The number of carbonyl (C=O) groups excluding carboxylic acids is 1. The first-order chi connectivity index (χ1) is 9.29. The Morgan fingerprint density at radius 2 is 2.32 bits per heavy atom. The summed E-state index contributed by atoms with van der Waals surface area (Å²) in [6, 6.07) is 5.82. The lowest BCUT2D eigenvalue weighted by molar-refractivity contribution is 0.251. The summed E-state index contributed by atoms with van der Waals surface area (Å²) >= 11 is 0. The second-order valence-corrected chi connectivity index (χ2v) is 4.63. The number of aromatic nitrogens is 3. The van der Waals surface area contributed by atoms with Crippen LogP contribution in [0.15, 0.2) is 36.8 Å². The lowest BCUT2D eigenvalue weighted by atomic mass is 10.3. The number of urea groups is 1. The molecule has 1 aliphatic carbocycles. The topological polar surface area (TPSA) is 71.8 Å². The van der Waals surface area contributed by atoms with Gasteiger partial charge in [0.2, 0.25) is 0 Å². The van der Waals surface area contributed by atoms with Gasteiger partial charge in [-0.25, -0.2) is 4.79 Å². The first-order valence-corrected chi connectivity index (χ1v) is 6.29. The molecule has 0 unspecified atom stereocenters. The molecule has 0 atom stereocenters. The predicted octanol–water partition coefficient (Wildman–Crippen LogP) is 1.61. The predicted molar refractivity (Wildman–Crippen MR) is 70.7 cm³/mol. The highest BCUT2D eigenvalue weighted by atomic mass is 16.2. The van der Waals surface area contributed by atoms with E-state index >= 15 is 0 Å². The normalized spacial score (nSPS) is 14.1. The molecule has 0 aromatic carbocycles. The van der Waals surface area contributed by atoms with Crippen molar-refractivity contribution in [3.8, 4) is 0 Å². The average Bonchev–Trinajstić information content (AvgIpc) is 3.11. The molecule has 1 saturated carbocycles. The third kappa shape index (κ3) is 3.31. The summed E-state index contributed by atoms with van der Waals surface area (Å²) in [5.41, 5.74) is 1.07. The third-order valence-corrected chi connectivity index (χ3v) is 2.86. The van der Waals surface area contributed by atoms with E-state index in [0.29, 0.717) is 18.4 Å². The van der Waals surface area contributed by atoms with Gasteiger partial charge in [0.15, 0.2) is 5.82 Å². The van der Waals surface area contributed by atoms with E-state index < -0.39 is 0 Å². The number of nitrogens with one attached hydrogen (secondary N) is 2. The van der Waals surface area contributed by atoms with Crippen molar-refractivity contribution in [2.24, 2.45) is 0 Å². The summed E-state index contributed by atoms with van der Waals surface area (Å²) in [4.78, 5) is 15.6. The van der Waals surface area contributed by atoms with Gasteiger partial charge in [-0.1, -0.05) is 6.07 Å². The first-order valence-electron chi connectivity index (χ1n) is 6.29. The molecule has 2 amide bonds. The van der Waals surface area contributed by atoms with E-state index in [0.717, 1.165) is 18.4 Å². The lowest BCUT2D eigenvalue weighted by Crippen LogP contribution is -2.30. The number of rotatable bonds is 4. The van der Waals surface area contributed by atoms with Crippen molar-refractivity contribution in [1.82, 2.24) is 20.1 Å². The van der Waals surface area contributed by atoms with Gasteiger partial charge in [-0.15, -0.1) is 0 Å². The Bertz CT molecular complexity index is 561. The summed E-state index contributed by atoms with van der Waals surface area (Å²) in [5, 5.41) is 9.86. The summed E-state index contributed by atoms with van der Waals surface area (Å²) in [6.45, 7) is 0.639. The molecular formula is C13H15N5O. The van der Waals surface area contributed by atoms with Crippen LogP contribution in [0.3, 0.4) is 0 Å². The molecule has 2 aromatic heterocycles. The van der Waals surface area contributed by atoms with E-state index in [2.05, 4.69) is 20.7 Å². The average molecular weight is 257 g/mol. The van der Waals surface area contributed by atoms with Gasteiger partial charge in [-0.05, 0) is 24.5 Å². The van der Waals surface area contributed by atoms with Crippen molar-refractivity contribution in [1.29, 1.82) is 0 Å². The quantitative estimate of drug-likeness (QED) is 0.874. The molecule has 1 fully saturated rings. The number of carbonyl (C=O) groups is 1. The molecule has 2 heterocycles. The molecule has 0 radical (unpaired) electrons. The number of hydrogen-bond donors (Lipinski definition) is 2. The minimum Gasteiger partial charge on any atom is -0.335 e. The molecule has 0 spiro atoms. The zero-order chi connectivity index (χ0) is 13.1. The zero-order valence-electron chi connectivity index (χ0n) is 10.4. The fourth-order valence-corrected chi connectivity index (χ4v) is 1.76. The second-order valence-electron chi connectivity index (χ2n) is 4.63. The molecule has 3 rings (SSSR count). The van der Waals surface area contributed by atoms with E-state index in [1.165, 1.54) is 0 Å². The SMILES string of the molecule is O=C(Nc1ccn(Cc2cccnc2)n1)NC1CC1. The highest BCUT2D eigenvalue weighted by Crippen LogP contribution is 2.18. The van der Waals surface area contributed by atoms with Crippen LogP contribution >= 0.6 is 0 Å². The molecule has 98 valence electrons. The van der Waals surface area contributed by atoms with Crippen LogP contribution < -0.4 is 10.6 Å². The summed E-state index contributed by atoms with van der Waals surface area (Å²) in [6.07, 6.45) is 7.52. The highest BCUT2D eigenvalue weighted by molar-refractivity contribution is 5.88.